The molecule has 2 aromatic rings. The van der Waals surface area contributed by atoms with Gasteiger partial charge in [-0.3, -0.25) is 4.79 Å². The summed E-state index contributed by atoms with van der Waals surface area (Å²) >= 11 is 0. The van der Waals surface area contributed by atoms with Crippen molar-refractivity contribution < 1.29 is 14.3 Å². The number of hydrogen-bond acceptors (Lipinski definition) is 4. The number of nitrogens with zero attached hydrogens (tertiary/aromatic N) is 1. The van der Waals surface area contributed by atoms with Crippen LogP contribution in [0, 0.1) is 0 Å². The van der Waals surface area contributed by atoms with Crippen molar-refractivity contribution in [3.8, 4) is 11.5 Å². The molecule has 0 aromatic heterocycles. The van der Waals surface area contributed by atoms with Crippen molar-refractivity contribution in [2.45, 2.75) is 51.0 Å². The molecule has 1 heterocycles. The monoisotopic (exact) mass is 378 g/mol. The number of carbonyl (C=O) groups excluding carboxylic acids is 1. The zero-order chi connectivity index (χ0) is 19.3. The fourth-order valence-electron chi connectivity index (χ4n) is 3.86. The number of fused-ring (bicyclic) bond motifs is 1. The second kappa shape index (κ2) is 8.46. The molecule has 0 bridgehead atoms. The number of rotatable bonds is 4. The van der Waals surface area contributed by atoms with Crippen molar-refractivity contribution >= 4 is 11.6 Å². The zero-order valence-electron chi connectivity index (χ0n) is 16.2. The van der Waals surface area contributed by atoms with Crippen LogP contribution in [0.3, 0.4) is 0 Å². The minimum Gasteiger partial charge on any atom is -0.485 e. The Balaban J connectivity index is 1.36. The highest BCUT2D eigenvalue weighted by atomic mass is 16.6. The first-order valence-electron chi connectivity index (χ1n) is 10.0. The largest absolute Gasteiger partial charge is 0.485 e. The fourth-order valence-corrected chi connectivity index (χ4v) is 3.86. The molecule has 28 heavy (non-hydrogen) atoms. The Morgan fingerprint density at radius 2 is 1.71 bits per heavy atom. The summed E-state index contributed by atoms with van der Waals surface area (Å²) in [5, 5.41) is 4.25. The van der Waals surface area contributed by atoms with Crippen molar-refractivity contribution in [2.75, 3.05) is 6.61 Å². The smallest absolute Gasteiger partial charge is 0.284 e. The van der Waals surface area contributed by atoms with E-state index in [1.165, 1.54) is 37.7 Å². The average molecular weight is 378 g/mol. The number of benzene rings is 2. The van der Waals surface area contributed by atoms with E-state index < -0.39 is 6.10 Å². The van der Waals surface area contributed by atoms with E-state index in [0.717, 1.165) is 11.3 Å². The van der Waals surface area contributed by atoms with E-state index in [1.54, 1.807) is 6.07 Å². The molecule has 5 nitrogen and oxygen atoms in total. The van der Waals surface area contributed by atoms with Crippen LogP contribution in [0.5, 0.6) is 11.5 Å². The van der Waals surface area contributed by atoms with Gasteiger partial charge in [0.2, 0.25) is 6.10 Å². The van der Waals surface area contributed by atoms with E-state index in [0.29, 0.717) is 17.4 Å². The van der Waals surface area contributed by atoms with Crippen molar-refractivity contribution in [1.29, 1.82) is 0 Å². The highest BCUT2D eigenvalue weighted by Gasteiger charge is 2.27. The van der Waals surface area contributed by atoms with Crippen molar-refractivity contribution in [3.63, 3.8) is 0 Å². The maximum atomic E-state index is 12.4. The Kier molecular flexibility index (Phi) is 5.60. The van der Waals surface area contributed by atoms with Crippen molar-refractivity contribution in [2.24, 2.45) is 5.10 Å². The molecule has 0 saturated heterocycles. The molecule has 4 rings (SSSR count). The number of nitrogens with one attached hydrogen (secondary N) is 1. The standard InChI is InChI=1S/C23H26N2O3/c1-16(17-11-13-19(14-12-17)18-7-3-2-4-8-18)24-25-23(26)22-15-27-20-9-5-6-10-21(20)28-22/h5-6,9-14,18,22H,2-4,7-8,15H2,1H3,(H,25,26). The van der Waals surface area contributed by atoms with E-state index in [9.17, 15) is 4.79 Å². The third kappa shape index (κ3) is 4.19. The number of hydrazone groups is 1. The van der Waals surface area contributed by atoms with Crippen LogP contribution in [0.2, 0.25) is 0 Å². The third-order valence-corrected chi connectivity index (χ3v) is 5.54. The lowest BCUT2D eigenvalue weighted by Gasteiger charge is -2.24. The maximum absolute atomic E-state index is 12.4. The van der Waals surface area contributed by atoms with Gasteiger partial charge in [0.1, 0.15) is 6.61 Å². The Morgan fingerprint density at radius 1 is 1.00 bits per heavy atom. The van der Waals surface area contributed by atoms with E-state index in [4.69, 9.17) is 9.47 Å². The molecular weight excluding hydrogens is 352 g/mol. The van der Waals surface area contributed by atoms with Crippen LogP contribution in [0.1, 0.15) is 56.1 Å². The summed E-state index contributed by atoms with van der Waals surface area (Å²) < 4.78 is 11.3. The van der Waals surface area contributed by atoms with E-state index in [-0.39, 0.29) is 12.5 Å². The lowest BCUT2D eigenvalue weighted by atomic mass is 9.84. The molecule has 146 valence electrons. The predicted molar refractivity (Wildman–Crippen MR) is 109 cm³/mol. The summed E-state index contributed by atoms with van der Waals surface area (Å²) in [6.45, 7) is 2.07. The van der Waals surface area contributed by atoms with Gasteiger partial charge in [0.05, 0.1) is 5.71 Å². The molecule has 1 aliphatic heterocycles. The SMILES string of the molecule is CC(=NNC(=O)C1COc2ccccc2O1)c1ccc(C2CCCCC2)cc1. The van der Waals surface area contributed by atoms with Gasteiger partial charge in [-0.2, -0.15) is 5.10 Å². The number of hydrogen-bond donors (Lipinski definition) is 1. The first-order chi connectivity index (χ1) is 13.7. The van der Waals surface area contributed by atoms with Gasteiger partial charge in [-0.15, -0.1) is 0 Å². The second-order valence-electron chi connectivity index (χ2n) is 7.49. The molecule has 1 saturated carbocycles. The van der Waals surface area contributed by atoms with Crippen molar-refractivity contribution in [3.05, 3.63) is 59.7 Å². The summed E-state index contributed by atoms with van der Waals surface area (Å²) in [4.78, 5) is 12.4. The number of amides is 1. The predicted octanol–water partition coefficient (Wildman–Crippen LogP) is 4.41. The van der Waals surface area contributed by atoms with Gasteiger partial charge in [-0.25, -0.2) is 5.43 Å². The summed E-state index contributed by atoms with van der Waals surface area (Å²) in [6.07, 6.45) is 5.89. The minimum atomic E-state index is -0.708. The first kappa shape index (κ1) is 18.5. The summed E-state index contributed by atoms with van der Waals surface area (Å²) in [6, 6.07) is 15.9. The normalized spacial score (nSPS) is 19.9. The van der Waals surface area contributed by atoms with Gasteiger partial charge in [0.25, 0.3) is 5.91 Å². The average Bonchev–Trinajstić information content (AvgIpc) is 2.77. The van der Waals surface area contributed by atoms with Gasteiger partial charge in [0, 0.05) is 0 Å². The summed E-state index contributed by atoms with van der Waals surface area (Å²) in [7, 11) is 0. The number of ether oxygens (including phenoxy) is 2. The molecule has 1 fully saturated rings. The Bertz CT molecular complexity index is 854. The lowest BCUT2D eigenvalue weighted by molar-refractivity contribution is -0.130. The van der Waals surface area contributed by atoms with Crippen LogP contribution in [-0.4, -0.2) is 24.3 Å². The molecule has 1 atom stereocenters. The molecule has 1 unspecified atom stereocenters. The Hall–Kier alpha value is -2.82. The molecule has 5 heteroatoms. The lowest BCUT2D eigenvalue weighted by Crippen LogP contribution is -2.42. The molecule has 1 N–H and O–H groups in total. The third-order valence-electron chi connectivity index (χ3n) is 5.54. The highest BCUT2D eigenvalue weighted by molar-refractivity contribution is 5.99. The summed E-state index contributed by atoms with van der Waals surface area (Å²) in [5.74, 6) is 1.61. The van der Waals surface area contributed by atoms with E-state index in [1.807, 2.05) is 25.1 Å². The quantitative estimate of drug-likeness (QED) is 0.633. The van der Waals surface area contributed by atoms with E-state index >= 15 is 0 Å². The molecule has 2 aromatic carbocycles. The topological polar surface area (TPSA) is 59.9 Å². The Labute approximate surface area is 165 Å². The zero-order valence-corrected chi connectivity index (χ0v) is 16.2. The van der Waals surface area contributed by atoms with Gasteiger partial charge in [-0.05, 0) is 48.9 Å². The molecule has 2 aliphatic rings. The van der Waals surface area contributed by atoms with Crippen LogP contribution < -0.4 is 14.9 Å². The fraction of sp³-hybridized carbons (Fsp3) is 0.391. The van der Waals surface area contributed by atoms with E-state index in [2.05, 4.69) is 34.8 Å². The molecule has 1 aliphatic carbocycles. The molecular formula is C23H26N2O3. The van der Waals surface area contributed by atoms with Gasteiger partial charge >= 0.3 is 0 Å². The number of carbonyl (C=O) groups is 1. The first-order valence-corrected chi connectivity index (χ1v) is 10.0. The minimum absolute atomic E-state index is 0.174. The molecule has 1 amide bonds. The van der Waals surface area contributed by atoms with Crippen LogP contribution in [0.4, 0.5) is 0 Å². The molecule has 0 spiro atoms. The number of para-hydroxylation sites is 2. The van der Waals surface area contributed by atoms with Crippen molar-refractivity contribution in [1.82, 2.24) is 5.43 Å². The maximum Gasteiger partial charge on any atom is 0.284 e. The highest BCUT2D eigenvalue weighted by Crippen LogP contribution is 2.33. The molecule has 0 radical (unpaired) electrons. The van der Waals surface area contributed by atoms with Crippen LogP contribution >= 0.6 is 0 Å². The van der Waals surface area contributed by atoms with Crippen LogP contribution in [0.15, 0.2) is 53.6 Å². The second-order valence-corrected chi connectivity index (χ2v) is 7.49. The Morgan fingerprint density at radius 3 is 2.46 bits per heavy atom. The van der Waals surface area contributed by atoms with Gasteiger partial charge in [-0.1, -0.05) is 55.7 Å². The van der Waals surface area contributed by atoms with Crippen LogP contribution in [-0.2, 0) is 4.79 Å². The summed E-state index contributed by atoms with van der Waals surface area (Å²) in [5.41, 5.74) is 5.78. The van der Waals surface area contributed by atoms with Gasteiger partial charge in [0.15, 0.2) is 11.5 Å². The van der Waals surface area contributed by atoms with Gasteiger partial charge < -0.3 is 9.47 Å². The van der Waals surface area contributed by atoms with Crippen LogP contribution in [0.25, 0.3) is 0 Å².